The molecule has 24 heavy (non-hydrogen) atoms. The number of amides is 2. The van der Waals surface area contributed by atoms with Gasteiger partial charge in [0.15, 0.2) is 0 Å². The molecule has 0 saturated carbocycles. The van der Waals surface area contributed by atoms with Crippen LogP contribution in [0.1, 0.15) is 15.9 Å². The Hall–Kier alpha value is -2.66. The first-order chi connectivity index (χ1) is 11.7. The van der Waals surface area contributed by atoms with Gasteiger partial charge in [0.1, 0.15) is 6.04 Å². The zero-order valence-corrected chi connectivity index (χ0v) is 13.6. The van der Waals surface area contributed by atoms with E-state index in [2.05, 4.69) is 5.32 Å². The van der Waals surface area contributed by atoms with Gasteiger partial charge in [0.2, 0.25) is 5.91 Å². The van der Waals surface area contributed by atoms with Gasteiger partial charge in [0.25, 0.3) is 5.91 Å². The van der Waals surface area contributed by atoms with E-state index >= 15 is 0 Å². The van der Waals surface area contributed by atoms with Crippen molar-refractivity contribution >= 4 is 17.5 Å². The second kappa shape index (κ2) is 7.27. The molecule has 0 aliphatic carbocycles. The molecule has 2 aromatic carbocycles. The van der Waals surface area contributed by atoms with E-state index in [9.17, 15) is 9.59 Å². The lowest BCUT2D eigenvalue weighted by Crippen LogP contribution is -2.48. The van der Waals surface area contributed by atoms with Crippen LogP contribution in [-0.4, -0.2) is 38.1 Å². The zero-order chi connectivity index (χ0) is 16.9. The Morgan fingerprint density at radius 3 is 2.58 bits per heavy atom. The summed E-state index contributed by atoms with van der Waals surface area (Å²) in [5.41, 5.74) is 2.39. The fourth-order valence-corrected chi connectivity index (χ4v) is 2.96. The maximum atomic E-state index is 13.0. The SMILES string of the molecule is COCCNC(=O)C1Cc2ccccc2N1C(=O)c1ccccc1. The van der Waals surface area contributed by atoms with Crippen LogP contribution in [0.5, 0.6) is 0 Å². The third-order valence-corrected chi connectivity index (χ3v) is 4.12. The summed E-state index contributed by atoms with van der Waals surface area (Å²) in [5, 5.41) is 2.84. The summed E-state index contributed by atoms with van der Waals surface area (Å²) < 4.78 is 4.97. The average Bonchev–Trinajstić information content (AvgIpc) is 3.01. The van der Waals surface area contributed by atoms with Crippen molar-refractivity contribution in [3.8, 4) is 0 Å². The smallest absolute Gasteiger partial charge is 0.259 e. The molecule has 3 rings (SSSR count). The predicted molar refractivity (Wildman–Crippen MR) is 92.1 cm³/mol. The van der Waals surface area contributed by atoms with E-state index in [0.717, 1.165) is 11.3 Å². The van der Waals surface area contributed by atoms with Crippen molar-refractivity contribution in [3.05, 3.63) is 65.7 Å². The van der Waals surface area contributed by atoms with Crippen LogP contribution >= 0.6 is 0 Å². The van der Waals surface area contributed by atoms with E-state index in [1.165, 1.54) is 0 Å². The van der Waals surface area contributed by atoms with Crippen LogP contribution < -0.4 is 10.2 Å². The molecule has 0 fully saturated rings. The van der Waals surface area contributed by atoms with Gasteiger partial charge in [-0.25, -0.2) is 0 Å². The van der Waals surface area contributed by atoms with E-state index < -0.39 is 6.04 Å². The summed E-state index contributed by atoms with van der Waals surface area (Å²) in [5.74, 6) is -0.319. The second-order valence-corrected chi connectivity index (χ2v) is 5.67. The van der Waals surface area contributed by atoms with Crippen molar-refractivity contribution in [2.45, 2.75) is 12.5 Å². The average molecular weight is 324 g/mol. The van der Waals surface area contributed by atoms with E-state index in [0.29, 0.717) is 25.1 Å². The third-order valence-electron chi connectivity index (χ3n) is 4.12. The molecule has 5 heteroatoms. The van der Waals surface area contributed by atoms with Crippen molar-refractivity contribution in [3.63, 3.8) is 0 Å². The molecule has 0 bridgehead atoms. The Balaban J connectivity index is 1.89. The standard InChI is InChI=1S/C19H20N2O3/c1-24-12-11-20-18(22)17-13-15-9-5-6-10-16(15)21(17)19(23)14-7-3-2-4-8-14/h2-10,17H,11-13H2,1H3,(H,20,22). The van der Waals surface area contributed by atoms with Crippen LogP contribution in [0.15, 0.2) is 54.6 Å². The fourth-order valence-electron chi connectivity index (χ4n) is 2.96. The highest BCUT2D eigenvalue weighted by Crippen LogP contribution is 2.33. The fraction of sp³-hybridized carbons (Fsp3) is 0.263. The Morgan fingerprint density at radius 1 is 1.12 bits per heavy atom. The monoisotopic (exact) mass is 324 g/mol. The summed E-state index contributed by atoms with van der Waals surface area (Å²) in [7, 11) is 1.59. The number of nitrogens with zero attached hydrogens (tertiary/aromatic N) is 1. The number of anilines is 1. The van der Waals surface area contributed by atoms with Gasteiger partial charge < -0.3 is 10.1 Å². The van der Waals surface area contributed by atoms with Crippen molar-refractivity contribution in [1.29, 1.82) is 0 Å². The van der Waals surface area contributed by atoms with E-state index in [1.54, 1.807) is 24.1 Å². The van der Waals surface area contributed by atoms with Crippen LogP contribution in [0.3, 0.4) is 0 Å². The highest BCUT2D eigenvalue weighted by atomic mass is 16.5. The molecule has 2 aromatic rings. The minimum Gasteiger partial charge on any atom is -0.383 e. The molecule has 1 heterocycles. The van der Waals surface area contributed by atoms with Gasteiger partial charge in [-0.05, 0) is 23.8 Å². The van der Waals surface area contributed by atoms with Crippen molar-refractivity contribution in [1.82, 2.24) is 5.32 Å². The van der Waals surface area contributed by atoms with Crippen LogP contribution in [0.25, 0.3) is 0 Å². The van der Waals surface area contributed by atoms with Gasteiger partial charge in [0.05, 0.1) is 6.61 Å². The number of fused-ring (bicyclic) bond motifs is 1. The van der Waals surface area contributed by atoms with Gasteiger partial charge in [0, 0.05) is 31.3 Å². The first-order valence-corrected chi connectivity index (χ1v) is 7.95. The summed E-state index contributed by atoms with van der Waals surface area (Å²) in [6.45, 7) is 0.869. The van der Waals surface area contributed by atoms with E-state index in [4.69, 9.17) is 4.74 Å². The van der Waals surface area contributed by atoms with Gasteiger partial charge in [-0.3, -0.25) is 14.5 Å². The van der Waals surface area contributed by atoms with Crippen molar-refractivity contribution in [2.75, 3.05) is 25.2 Å². The van der Waals surface area contributed by atoms with Gasteiger partial charge in [-0.2, -0.15) is 0 Å². The summed E-state index contributed by atoms with van der Waals surface area (Å²) in [6.07, 6.45) is 0.521. The molecular weight excluding hydrogens is 304 g/mol. The minimum atomic E-state index is -0.535. The van der Waals surface area contributed by atoms with Gasteiger partial charge in [-0.1, -0.05) is 36.4 Å². The van der Waals surface area contributed by atoms with E-state index in [1.807, 2.05) is 42.5 Å². The lowest BCUT2D eigenvalue weighted by Gasteiger charge is -2.25. The minimum absolute atomic E-state index is 0.160. The quantitative estimate of drug-likeness (QED) is 0.856. The highest BCUT2D eigenvalue weighted by molar-refractivity contribution is 6.11. The number of hydrogen-bond donors (Lipinski definition) is 1. The number of para-hydroxylation sites is 1. The molecule has 2 amide bonds. The molecule has 1 N–H and O–H groups in total. The molecule has 0 saturated heterocycles. The molecule has 0 spiro atoms. The number of nitrogens with one attached hydrogen (secondary N) is 1. The largest absolute Gasteiger partial charge is 0.383 e. The molecule has 0 radical (unpaired) electrons. The third kappa shape index (κ3) is 3.16. The maximum absolute atomic E-state index is 13.0. The topological polar surface area (TPSA) is 58.6 Å². The predicted octanol–water partition coefficient (Wildman–Crippen LogP) is 2.02. The van der Waals surface area contributed by atoms with E-state index in [-0.39, 0.29) is 11.8 Å². The maximum Gasteiger partial charge on any atom is 0.259 e. The van der Waals surface area contributed by atoms with Crippen LogP contribution in [0.4, 0.5) is 5.69 Å². The molecule has 1 unspecified atom stereocenters. The second-order valence-electron chi connectivity index (χ2n) is 5.67. The molecule has 124 valence electrons. The molecule has 5 nitrogen and oxygen atoms in total. The van der Waals surface area contributed by atoms with Gasteiger partial charge in [-0.15, -0.1) is 0 Å². The number of carbonyl (C=O) groups excluding carboxylic acids is 2. The Bertz CT molecular complexity index is 730. The number of rotatable bonds is 5. The molecule has 0 aromatic heterocycles. The first-order valence-electron chi connectivity index (χ1n) is 7.95. The molecule has 1 atom stereocenters. The molecule has 1 aliphatic heterocycles. The number of methoxy groups -OCH3 is 1. The van der Waals surface area contributed by atoms with Crippen LogP contribution in [0.2, 0.25) is 0 Å². The zero-order valence-electron chi connectivity index (χ0n) is 13.6. The number of benzene rings is 2. The Labute approximate surface area is 141 Å². The summed E-state index contributed by atoms with van der Waals surface area (Å²) >= 11 is 0. The van der Waals surface area contributed by atoms with Crippen molar-refractivity contribution in [2.24, 2.45) is 0 Å². The Kier molecular flexibility index (Phi) is 4.91. The normalized spacial score (nSPS) is 15.9. The molecule has 1 aliphatic rings. The summed E-state index contributed by atoms with van der Waals surface area (Å²) in [6, 6.07) is 16.2. The number of carbonyl (C=O) groups is 2. The molecular formula is C19H20N2O3. The lowest BCUT2D eigenvalue weighted by molar-refractivity contribution is -0.122. The highest BCUT2D eigenvalue weighted by Gasteiger charge is 2.38. The lowest BCUT2D eigenvalue weighted by atomic mass is 10.1. The van der Waals surface area contributed by atoms with Crippen molar-refractivity contribution < 1.29 is 14.3 Å². The van der Waals surface area contributed by atoms with Gasteiger partial charge >= 0.3 is 0 Å². The first kappa shape index (κ1) is 16.2. The van der Waals surface area contributed by atoms with Crippen LogP contribution in [0, 0.1) is 0 Å². The van der Waals surface area contributed by atoms with Crippen LogP contribution in [-0.2, 0) is 16.0 Å². The summed E-state index contributed by atoms with van der Waals surface area (Å²) in [4.78, 5) is 27.2. The Morgan fingerprint density at radius 2 is 1.83 bits per heavy atom. The number of ether oxygens (including phenoxy) is 1. The number of hydrogen-bond acceptors (Lipinski definition) is 3.